The number of hydrogen-bond acceptors (Lipinski definition) is 0. The van der Waals surface area contributed by atoms with Crippen molar-refractivity contribution in [3.8, 4) is 0 Å². The summed E-state index contributed by atoms with van der Waals surface area (Å²) in [7, 11) is 0. The second kappa shape index (κ2) is 2.24. The van der Waals surface area contributed by atoms with Crippen LogP contribution in [0.3, 0.4) is 0 Å². The van der Waals surface area contributed by atoms with Crippen molar-refractivity contribution >= 4 is 0 Å². The van der Waals surface area contributed by atoms with E-state index in [2.05, 4.69) is 6.92 Å². The molecule has 1 aliphatic carbocycles. The summed E-state index contributed by atoms with van der Waals surface area (Å²) >= 11 is 0. The molecule has 0 bridgehead atoms. The van der Waals surface area contributed by atoms with Crippen LogP contribution in [0.4, 0.5) is 8.78 Å². The van der Waals surface area contributed by atoms with Gasteiger partial charge in [0.1, 0.15) is 0 Å². The summed E-state index contributed by atoms with van der Waals surface area (Å²) < 4.78 is 24.6. The highest BCUT2D eigenvalue weighted by atomic mass is 19.3. The zero-order valence-corrected chi connectivity index (χ0v) is 5.37. The molecule has 0 atom stereocenters. The minimum absolute atomic E-state index is 0.433. The molecule has 2 heteroatoms. The summed E-state index contributed by atoms with van der Waals surface area (Å²) in [6, 6.07) is 0. The van der Waals surface area contributed by atoms with Crippen LogP contribution < -0.4 is 0 Å². The fourth-order valence-corrected chi connectivity index (χ4v) is 1.35. The SMILES string of the molecule is [CH2]C(F)(F)C1CCCC1. The van der Waals surface area contributed by atoms with Crippen LogP contribution in [0.5, 0.6) is 0 Å². The van der Waals surface area contributed by atoms with E-state index in [0.29, 0.717) is 12.8 Å². The van der Waals surface area contributed by atoms with Crippen molar-refractivity contribution in [2.45, 2.75) is 31.6 Å². The molecule has 0 spiro atoms. The van der Waals surface area contributed by atoms with E-state index in [1.807, 2.05) is 0 Å². The van der Waals surface area contributed by atoms with Crippen LogP contribution >= 0.6 is 0 Å². The van der Waals surface area contributed by atoms with Crippen molar-refractivity contribution in [3.05, 3.63) is 6.92 Å². The van der Waals surface area contributed by atoms with Crippen molar-refractivity contribution in [1.82, 2.24) is 0 Å². The van der Waals surface area contributed by atoms with Crippen molar-refractivity contribution in [3.63, 3.8) is 0 Å². The second-order valence-electron chi connectivity index (χ2n) is 2.74. The lowest BCUT2D eigenvalue weighted by Gasteiger charge is -2.16. The normalized spacial score (nSPS) is 23.0. The van der Waals surface area contributed by atoms with Crippen LogP contribution in [0.2, 0.25) is 0 Å². The molecule has 1 rings (SSSR count). The molecule has 53 valence electrons. The zero-order chi connectivity index (χ0) is 6.91. The van der Waals surface area contributed by atoms with Gasteiger partial charge in [-0.25, -0.2) is 8.78 Å². The smallest absolute Gasteiger partial charge is 0.207 e. The van der Waals surface area contributed by atoms with Gasteiger partial charge < -0.3 is 0 Å². The van der Waals surface area contributed by atoms with Crippen LogP contribution in [0.1, 0.15) is 25.7 Å². The molecular weight excluding hydrogens is 122 g/mol. The van der Waals surface area contributed by atoms with E-state index in [-0.39, 0.29) is 0 Å². The Balaban J connectivity index is 2.42. The Hall–Kier alpha value is -0.140. The summed E-state index contributed by atoms with van der Waals surface area (Å²) in [4.78, 5) is 0. The number of rotatable bonds is 1. The van der Waals surface area contributed by atoms with Gasteiger partial charge in [-0.1, -0.05) is 12.8 Å². The zero-order valence-electron chi connectivity index (χ0n) is 5.37. The van der Waals surface area contributed by atoms with E-state index in [9.17, 15) is 8.78 Å². The van der Waals surface area contributed by atoms with Crippen LogP contribution in [-0.2, 0) is 0 Å². The first-order chi connectivity index (χ1) is 4.11. The molecule has 9 heavy (non-hydrogen) atoms. The molecular formula is C7H11F2. The van der Waals surface area contributed by atoms with Crippen molar-refractivity contribution in [2.24, 2.45) is 5.92 Å². The largest absolute Gasteiger partial charge is 0.251 e. The standard InChI is InChI=1S/C7H11F2/c1-7(8,9)6-4-2-3-5-6/h6H,1-5H2. The van der Waals surface area contributed by atoms with E-state index in [4.69, 9.17) is 0 Å². The summed E-state index contributed by atoms with van der Waals surface area (Å²) in [5.74, 6) is -3.10. The second-order valence-corrected chi connectivity index (χ2v) is 2.74. The molecule has 1 fully saturated rings. The first-order valence-electron chi connectivity index (χ1n) is 3.34. The summed E-state index contributed by atoms with van der Waals surface area (Å²) in [5.41, 5.74) is 0. The number of hydrogen-bond donors (Lipinski definition) is 0. The Labute approximate surface area is 54.3 Å². The van der Waals surface area contributed by atoms with Gasteiger partial charge in [0.15, 0.2) is 0 Å². The highest BCUT2D eigenvalue weighted by Gasteiger charge is 2.35. The topological polar surface area (TPSA) is 0 Å². The highest BCUT2D eigenvalue weighted by molar-refractivity contribution is 4.82. The molecule has 0 saturated heterocycles. The van der Waals surface area contributed by atoms with Crippen LogP contribution in [0.15, 0.2) is 0 Å². The lowest BCUT2D eigenvalue weighted by molar-refractivity contribution is -0.00927. The molecule has 0 unspecified atom stereocenters. The average Bonchev–Trinajstić information content (AvgIpc) is 2.08. The predicted octanol–water partition coefficient (Wildman–Crippen LogP) is 2.65. The van der Waals surface area contributed by atoms with Gasteiger partial charge in [-0.15, -0.1) is 0 Å². The molecule has 0 aromatic heterocycles. The van der Waals surface area contributed by atoms with Gasteiger partial charge in [0.2, 0.25) is 0 Å². The first kappa shape index (κ1) is 6.97. The first-order valence-corrected chi connectivity index (χ1v) is 3.34. The monoisotopic (exact) mass is 133 g/mol. The van der Waals surface area contributed by atoms with Gasteiger partial charge in [-0.2, -0.15) is 0 Å². The number of alkyl halides is 2. The van der Waals surface area contributed by atoms with Gasteiger partial charge in [0, 0.05) is 12.8 Å². The molecule has 0 aromatic rings. The molecule has 1 radical (unpaired) electrons. The summed E-state index contributed by atoms with van der Waals surface area (Å²) in [6.07, 6.45) is 3.23. The lowest BCUT2D eigenvalue weighted by atomic mass is 10.0. The third-order valence-corrected chi connectivity index (χ3v) is 1.95. The lowest BCUT2D eigenvalue weighted by Crippen LogP contribution is -2.21. The van der Waals surface area contributed by atoms with Gasteiger partial charge in [0.05, 0.1) is 0 Å². The maximum Gasteiger partial charge on any atom is 0.251 e. The fraction of sp³-hybridized carbons (Fsp3) is 0.857. The molecule has 0 aliphatic heterocycles. The molecule has 1 saturated carbocycles. The maximum atomic E-state index is 12.3. The third kappa shape index (κ3) is 1.63. The maximum absolute atomic E-state index is 12.3. The fourth-order valence-electron chi connectivity index (χ4n) is 1.35. The van der Waals surface area contributed by atoms with E-state index in [0.717, 1.165) is 12.8 Å². The van der Waals surface area contributed by atoms with Crippen molar-refractivity contribution in [1.29, 1.82) is 0 Å². The Morgan fingerprint density at radius 2 is 1.67 bits per heavy atom. The minimum Gasteiger partial charge on any atom is -0.207 e. The van der Waals surface area contributed by atoms with Gasteiger partial charge >= 0.3 is 0 Å². The third-order valence-electron chi connectivity index (χ3n) is 1.95. The Kier molecular flexibility index (Phi) is 1.73. The predicted molar refractivity (Wildman–Crippen MR) is 32.3 cm³/mol. The van der Waals surface area contributed by atoms with E-state index in [1.54, 1.807) is 0 Å². The molecule has 0 aromatic carbocycles. The molecule has 0 amide bonds. The van der Waals surface area contributed by atoms with Crippen LogP contribution in [-0.4, -0.2) is 5.92 Å². The summed E-state index contributed by atoms with van der Waals surface area (Å²) in [6.45, 7) is 2.82. The summed E-state index contributed by atoms with van der Waals surface area (Å²) in [5, 5.41) is 0. The van der Waals surface area contributed by atoms with E-state index >= 15 is 0 Å². The van der Waals surface area contributed by atoms with Gasteiger partial charge in [-0.05, 0) is 12.8 Å². The Morgan fingerprint density at radius 3 is 1.89 bits per heavy atom. The van der Waals surface area contributed by atoms with Crippen molar-refractivity contribution in [2.75, 3.05) is 0 Å². The molecule has 0 heterocycles. The van der Waals surface area contributed by atoms with Gasteiger partial charge in [0.25, 0.3) is 5.92 Å². The Morgan fingerprint density at radius 1 is 1.22 bits per heavy atom. The molecule has 1 aliphatic rings. The molecule has 0 N–H and O–H groups in total. The van der Waals surface area contributed by atoms with Gasteiger partial charge in [-0.3, -0.25) is 0 Å². The van der Waals surface area contributed by atoms with Crippen LogP contribution in [0, 0.1) is 12.8 Å². The minimum atomic E-state index is -2.67. The van der Waals surface area contributed by atoms with Crippen LogP contribution in [0.25, 0.3) is 0 Å². The van der Waals surface area contributed by atoms with E-state index < -0.39 is 11.8 Å². The number of halogens is 2. The van der Waals surface area contributed by atoms with Crippen molar-refractivity contribution < 1.29 is 8.78 Å². The highest BCUT2D eigenvalue weighted by Crippen LogP contribution is 2.36. The Bertz CT molecular complexity index is 87.6. The quantitative estimate of drug-likeness (QED) is 0.515. The average molecular weight is 133 g/mol. The van der Waals surface area contributed by atoms with E-state index in [1.165, 1.54) is 0 Å². The molecule has 0 nitrogen and oxygen atoms in total.